The zero-order chi connectivity index (χ0) is 12.8. The summed E-state index contributed by atoms with van der Waals surface area (Å²) in [4.78, 5) is 4.17. The molecule has 1 aliphatic carbocycles. The SMILES string of the molecule is CN=C(NCCc1ccc(F)cc1)NCC1CC1.I. The van der Waals surface area contributed by atoms with Crippen LogP contribution in [0.3, 0.4) is 0 Å². The summed E-state index contributed by atoms with van der Waals surface area (Å²) < 4.78 is 12.7. The Morgan fingerprint density at radius 3 is 2.53 bits per heavy atom. The van der Waals surface area contributed by atoms with Crippen molar-refractivity contribution >= 4 is 29.9 Å². The Labute approximate surface area is 131 Å². The molecule has 0 spiro atoms. The fourth-order valence-electron chi connectivity index (χ4n) is 1.76. The maximum absolute atomic E-state index is 12.7. The van der Waals surface area contributed by atoms with Gasteiger partial charge in [0.25, 0.3) is 0 Å². The van der Waals surface area contributed by atoms with Crippen LogP contribution in [0.2, 0.25) is 0 Å². The summed E-state index contributed by atoms with van der Waals surface area (Å²) in [6.45, 7) is 1.81. The predicted molar refractivity (Wildman–Crippen MR) is 87.6 cm³/mol. The van der Waals surface area contributed by atoms with Crippen molar-refractivity contribution in [1.82, 2.24) is 10.6 Å². The summed E-state index contributed by atoms with van der Waals surface area (Å²) in [5.74, 6) is 1.50. The van der Waals surface area contributed by atoms with Gasteiger partial charge in [0.1, 0.15) is 5.82 Å². The van der Waals surface area contributed by atoms with E-state index in [9.17, 15) is 4.39 Å². The van der Waals surface area contributed by atoms with E-state index < -0.39 is 0 Å². The minimum atomic E-state index is -0.186. The molecule has 0 aliphatic heterocycles. The molecule has 0 aromatic heterocycles. The molecule has 2 N–H and O–H groups in total. The fourth-order valence-corrected chi connectivity index (χ4v) is 1.76. The number of nitrogens with one attached hydrogen (secondary N) is 2. The van der Waals surface area contributed by atoms with E-state index in [2.05, 4.69) is 15.6 Å². The highest BCUT2D eigenvalue weighted by Gasteiger charge is 2.20. The minimum Gasteiger partial charge on any atom is -0.356 e. The van der Waals surface area contributed by atoms with Gasteiger partial charge in [0, 0.05) is 20.1 Å². The molecule has 19 heavy (non-hydrogen) atoms. The van der Waals surface area contributed by atoms with Gasteiger partial charge in [-0.3, -0.25) is 4.99 Å². The molecular formula is C14H21FIN3. The van der Waals surface area contributed by atoms with E-state index in [1.807, 2.05) is 12.1 Å². The van der Waals surface area contributed by atoms with Gasteiger partial charge < -0.3 is 10.6 Å². The van der Waals surface area contributed by atoms with Crippen LogP contribution in [0, 0.1) is 11.7 Å². The van der Waals surface area contributed by atoms with Crippen LogP contribution >= 0.6 is 24.0 Å². The van der Waals surface area contributed by atoms with E-state index >= 15 is 0 Å². The van der Waals surface area contributed by atoms with E-state index in [-0.39, 0.29) is 29.8 Å². The third-order valence-electron chi connectivity index (χ3n) is 3.10. The zero-order valence-electron chi connectivity index (χ0n) is 11.2. The molecule has 2 rings (SSSR count). The summed E-state index contributed by atoms with van der Waals surface area (Å²) in [7, 11) is 1.78. The average Bonchev–Trinajstić information content (AvgIpc) is 3.20. The van der Waals surface area contributed by atoms with Crippen molar-refractivity contribution in [2.24, 2.45) is 10.9 Å². The van der Waals surface area contributed by atoms with E-state index in [1.165, 1.54) is 25.0 Å². The third kappa shape index (κ3) is 6.22. The Morgan fingerprint density at radius 2 is 1.95 bits per heavy atom. The van der Waals surface area contributed by atoms with Crippen molar-refractivity contribution in [1.29, 1.82) is 0 Å². The molecule has 0 radical (unpaired) electrons. The van der Waals surface area contributed by atoms with E-state index in [0.29, 0.717) is 0 Å². The molecule has 3 nitrogen and oxygen atoms in total. The second-order valence-corrected chi connectivity index (χ2v) is 4.70. The fraction of sp³-hybridized carbons (Fsp3) is 0.500. The summed E-state index contributed by atoms with van der Waals surface area (Å²) in [6.07, 6.45) is 3.53. The van der Waals surface area contributed by atoms with Crippen LogP contribution in [-0.2, 0) is 6.42 Å². The van der Waals surface area contributed by atoms with Crippen LogP contribution in [0.4, 0.5) is 4.39 Å². The number of guanidine groups is 1. The van der Waals surface area contributed by atoms with Crippen molar-refractivity contribution in [3.05, 3.63) is 35.6 Å². The Kier molecular flexibility index (Phi) is 7.12. The highest BCUT2D eigenvalue weighted by atomic mass is 127. The van der Waals surface area contributed by atoms with E-state index in [0.717, 1.165) is 37.0 Å². The Hall–Kier alpha value is -0.850. The van der Waals surface area contributed by atoms with Gasteiger partial charge in [0.2, 0.25) is 0 Å². The van der Waals surface area contributed by atoms with E-state index in [4.69, 9.17) is 0 Å². The number of rotatable bonds is 5. The van der Waals surface area contributed by atoms with Gasteiger partial charge in [0.15, 0.2) is 5.96 Å². The van der Waals surface area contributed by atoms with Gasteiger partial charge in [-0.15, -0.1) is 24.0 Å². The summed E-state index contributed by atoms with van der Waals surface area (Å²) >= 11 is 0. The number of nitrogens with zero attached hydrogens (tertiary/aromatic N) is 1. The maximum Gasteiger partial charge on any atom is 0.190 e. The van der Waals surface area contributed by atoms with Gasteiger partial charge in [-0.25, -0.2) is 4.39 Å². The van der Waals surface area contributed by atoms with Crippen molar-refractivity contribution in [3.63, 3.8) is 0 Å². The van der Waals surface area contributed by atoms with Crippen LogP contribution < -0.4 is 10.6 Å². The molecule has 0 atom stereocenters. The number of halogens is 2. The number of hydrogen-bond donors (Lipinski definition) is 2. The van der Waals surface area contributed by atoms with Gasteiger partial charge in [-0.2, -0.15) is 0 Å². The monoisotopic (exact) mass is 377 g/mol. The molecule has 0 saturated heterocycles. The molecule has 1 saturated carbocycles. The average molecular weight is 377 g/mol. The molecule has 0 amide bonds. The van der Waals surface area contributed by atoms with Crippen LogP contribution in [0.5, 0.6) is 0 Å². The maximum atomic E-state index is 12.7. The van der Waals surface area contributed by atoms with Crippen LogP contribution in [-0.4, -0.2) is 26.1 Å². The second kappa shape index (κ2) is 8.35. The van der Waals surface area contributed by atoms with Crippen LogP contribution in [0.1, 0.15) is 18.4 Å². The first-order chi connectivity index (χ1) is 8.78. The molecule has 106 valence electrons. The minimum absolute atomic E-state index is 0. The van der Waals surface area contributed by atoms with Crippen molar-refractivity contribution < 1.29 is 4.39 Å². The van der Waals surface area contributed by atoms with Crippen molar-refractivity contribution in [2.75, 3.05) is 20.1 Å². The zero-order valence-corrected chi connectivity index (χ0v) is 13.5. The number of benzene rings is 1. The highest BCUT2D eigenvalue weighted by Crippen LogP contribution is 2.27. The summed E-state index contributed by atoms with van der Waals surface area (Å²) in [6, 6.07) is 6.62. The smallest absolute Gasteiger partial charge is 0.190 e. The van der Waals surface area contributed by atoms with Gasteiger partial charge in [-0.05, 0) is 42.9 Å². The lowest BCUT2D eigenvalue weighted by molar-refractivity contribution is 0.626. The van der Waals surface area contributed by atoms with Gasteiger partial charge in [0.05, 0.1) is 0 Å². The van der Waals surface area contributed by atoms with Crippen molar-refractivity contribution in [2.45, 2.75) is 19.3 Å². The summed E-state index contributed by atoms with van der Waals surface area (Å²) in [5, 5.41) is 6.57. The molecule has 1 aromatic rings. The second-order valence-electron chi connectivity index (χ2n) is 4.70. The molecule has 1 aromatic carbocycles. The first-order valence-corrected chi connectivity index (χ1v) is 6.47. The van der Waals surface area contributed by atoms with Crippen LogP contribution in [0.15, 0.2) is 29.3 Å². The van der Waals surface area contributed by atoms with E-state index in [1.54, 1.807) is 7.05 Å². The normalized spacial score (nSPS) is 14.7. The highest BCUT2D eigenvalue weighted by molar-refractivity contribution is 14.0. The Morgan fingerprint density at radius 1 is 1.26 bits per heavy atom. The quantitative estimate of drug-likeness (QED) is 0.470. The largest absolute Gasteiger partial charge is 0.356 e. The Bertz CT molecular complexity index is 402. The molecule has 1 aliphatic rings. The third-order valence-corrected chi connectivity index (χ3v) is 3.10. The lowest BCUT2D eigenvalue weighted by Gasteiger charge is -2.11. The van der Waals surface area contributed by atoms with Gasteiger partial charge >= 0.3 is 0 Å². The van der Waals surface area contributed by atoms with Crippen LogP contribution in [0.25, 0.3) is 0 Å². The van der Waals surface area contributed by atoms with Gasteiger partial charge in [-0.1, -0.05) is 12.1 Å². The number of hydrogen-bond acceptors (Lipinski definition) is 1. The molecular weight excluding hydrogens is 356 g/mol. The molecule has 0 bridgehead atoms. The molecule has 5 heteroatoms. The Balaban J connectivity index is 0.00000180. The first-order valence-electron chi connectivity index (χ1n) is 6.47. The lowest BCUT2D eigenvalue weighted by atomic mass is 10.1. The van der Waals surface area contributed by atoms with Crippen molar-refractivity contribution in [3.8, 4) is 0 Å². The topological polar surface area (TPSA) is 36.4 Å². The molecule has 1 fully saturated rings. The first kappa shape index (κ1) is 16.2. The number of aliphatic imine (C=N–C) groups is 1. The standard InChI is InChI=1S/C14H20FN3.HI/c1-16-14(18-10-12-2-3-12)17-9-8-11-4-6-13(15)7-5-11;/h4-7,12H,2-3,8-10H2,1H3,(H2,16,17,18);1H. The lowest BCUT2D eigenvalue weighted by Crippen LogP contribution is -2.39. The molecule has 0 heterocycles. The predicted octanol–water partition coefficient (Wildman–Crippen LogP) is 2.56. The summed E-state index contributed by atoms with van der Waals surface area (Å²) in [5.41, 5.74) is 1.13. The molecule has 0 unspecified atom stereocenters.